The zero-order valence-electron chi connectivity index (χ0n) is 12.8. The largest absolute Gasteiger partial charge is 0.240 e. The molecule has 21 heavy (non-hydrogen) atoms. The van der Waals surface area contributed by atoms with Crippen LogP contribution in [0, 0.1) is 17.8 Å². The lowest BCUT2D eigenvalue weighted by molar-refractivity contribution is -0.00517. The predicted molar refractivity (Wildman–Crippen MR) is 83.5 cm³/mol. The van der Waals surface area contributed by atoms with E-state index in [2.05, 4.69) is 30.1 Å². The van der Waals surface area contributed by atoms with Crippen molar-refractivity contribution >= 4 is 11.8 Å². The zero-order valence-corrected chi connectivity index (χ0v) is 12.8. The third kappa shape index (κ3) is 2.08. The quantitative estimate of drug-likeness (QED) is 0.584. The first-order valence-electron chi connectivity index (χ1n) is 8.43. The Hall–Kier alpha value is -1.40. The first-order chi connectivity index (χ1) is 10.2. The number of hydrogen-bond donors (Lipinski definition) is 0. The fourth-order valence-corrected chi connectivity index (χ4v) is 5.81. The second kappa shape index (κ2) is 4.81. The van der Waals surface area contributed by atoms with Crippen LogP contribution in [-0.2, 0) is 16.6 Å². The number of nitrogens with zero attached hydrogens (tertiary/aromatic N) is 1. The number of carbonyl (C=O) groups excluding carboxylic acids is 1. The lowest BCUT2D eigenvalue weighted by Gasteiger charge is -2.57. The molecule has 1 aromatic rings. The molecule has 5 rings (SSSR count). The Labute approximate surface area is 126 Å². The molecule has 2 heteroatoms. The maximum Gasteiger partial charge on any atom is 0.240 e. The van der Waals surface area contributed by atoms with E-state index in [1.54, 1.807) is 6.08 Å². The molecule has 0 radical (unpaired) electrons. The first kappa shape index (κ1) is 13.3. The van der Waals surface area contributed by atoms with E-state index in [1.165, 1.54) is 44.1 Å². The molecule has 2 nitrogen and oxygen atoms in total. The van der Waals surface area contributed by atoms with Crippen LogP contribution in [0.3, 0.4) is 0 Å². The van der Waals surface area contributed by atoms with Crippen molar-refractivity contribution < 1.29 is 4.79 Å². The van der Waals surface area contributed by atoms with Crippen LogP contribution >= 0.6 is 0 Å². The van der Waals surface area contributed by atoms with E-state index < -0.39 is 0 Å². The molecule has 4 aliphatic rings. The van der Waals surface area contributed by atoms with Gasteiger partial charge in [-0.3, -0.25) is 0 Å². The van der Waals surface area contributed by atoms with E-state index in [-0.39, 0.29) is 0 Å². The summed E-state index contributed by atoms with van der Waals surface area (Å²) in [6.07, 6.45) is 11.1. The highest BCUT2D eigenvalue weighted by atomic mass is 16.1. The number of rotatable bonds is 3. The zero-order chi connectivity index (χ0) is 14.4. The summed E-state index contributed by atoms with van der Waals surface area (Å²) in [4.78, 5) is 14.7. The van der Waals surface area contributed by atoms with Crippen molar-refractivity contribution in [2.24, 2.45) is 22.7 Å². The number of benzene rings is 1. The maximum atomic E-state index is 10.7. The minimum Gasteiger partial charge on any atom is -0.211 e. The van der Waals surface area contributed by atoms with Gasteiger partial charge in [-0.25, -0.2) is 4.79 Å². The highest BCUT2D eigenvalue weighted by Gasteiger charge is 2.51. The Balaban J connectivity index is 1.76. The van der Waals surface area contributed by atoms with Crippen LogP contribution in [-0.4, -0.2) is 6.08 Å². The van der Waals surface area contributed by atoms with Gasteiger partial charge < -0.3 is 0 Å². The van der Waals surface area contributed by atoms with E-state index >= 15 is 0 Å². The van der Waals surface area contributed by atoms with Crippen LogP contribution in [0.1, 0.15) is 56.6 Å². The van der Waals surface area contributed by atoms with E-state index in [0.717, 1.165) is 35.4 Å². The standard InChI is InChI=1S/C19H23NO/c1-2-16-3-4-17(8-18(16)20-12-21)19-9-13-5-14(10-19)7-15(6-13)11-19/h3-4,8,13-15H,2,5-7,9-11H2,1H3. The normalized spacial score (nSPS) is 36.5. The van der Waals surface area contributed by atoms with Gasteiger partial charge in [-0.1, -0.05) is 19.1 Å². The SMILES string of the molecule is CCc1ccc(C23CC4CC(CC(C4)C2)C3)cc1N=C=O. The summed E-state index contributed by atoms with van der Waals surface area (Å²) in [5.74, 6) is 2.83. The van der Waals surface area contributed by atoms with Gasteiger partial charge in [-0.05, 0) is 85.3 Å². The van der Waals surface area contributed by atoms with Gasteiger partial charge in [-0.15, -0.1) is 0 Å². The van der Waals surface area contributed by atoms with Crippen LogP contribution in [0.2, 0.25) is 0 Å². The molecule has 0 N–H and O–H groups in total. The van der Waals surface area contributed by atoms with E-state index in [4.69, 9.17) is 0 Å². The molecule has 0 amide bonds. The summed E-state index contributed by atoms with van der Waals surface area (Å²) in [6, 6.07) is 6.69. The average molecular weight is 281 g/mol. The smallest absolute Gasteiger partial charge is 0.211 e. The molecule has 0 saturated heterocycles. The topological polar surface area (TPSA) is 29.4 Å². The van der Waals surface area contributed by atoms with Crippen LogP contribution in [0.25, 0.3) is 0 Å². The fourth-order valence-electron chi connectivity index (χ4n) is 5.81. The second-order valence-electron chi connectivity index (χ2n) is 7.60. The van der Waals surface area contributed by atoms with Crippen molar-refractivity contribution in [3.63, 3.8) is 0 Å². The van der Waals surface area contributed by atoms with Gasteiger partial charge in [0.05, 0.1) is 5.69 Å². The third-order valence-electron chi connectivity index (χ3n) is 6.28. The minimum absolute atomic E-state index is 0.383. The second-order valence-corrected chi connectivity index (χ2v) is 7.60. The minimum atomic E-state index is 0.383. The Bertz CT molecular complexity index is 577. The number of aliphatic imine (C=N–C) groups is 1. The molecule has 4 fully saturated rings. The average Bonchev–Trinajstić information content (AvgIpc) is 2.46. The molecule has 0 heterocycles. The van der Waals surface area contributed by atoms with Gasteiger partial charge in [0.25, 0.3) is 0 Å². The highest BCUT2D eigenvalue weighted by Crippen LogP contribution is 2.60. The monoisotopic (exact) mass is 281 g/mol. The van der Waals surface area contributed by atoms with Crippen molar-refractivity contribution in [1.82, 2.24) is 0 Å². The summed E-state index contributed by atoms with van der Waals surface area (Å²) in [5.41, 5.74) is 3.83. The molecular formula is C19H23NO. The van der Waals surface area contributed by atoms with Gasteiger partial charge in [0.1, 0.15) is 0 Å². The number of isocyanates is 1. The van der Waals surface area contributed by atoms with Gasteiger partial charge >= 0.3 is 0 Å². The van der Waals surface area contributed by atoms with E-state index in [1.807, 2.05) is 0 Å². The lowest BCUT2D eigenvalue weighted by Crippen LogP contribution is -2.48. The summed E-state index contributed by atoms with van der Waals surface area (Å²) in [7, 11) is 0. The highest BCUT2D eigenvalue weighted by molar-refractivity contribution is 5.56. The van der Waals surface area contributed by atoms with Crippen molar-refractivity contribution in [2.45, 2.75) is 57.3 Å². The number of hydrogen-bond acceptors (Lipinski definition) is 2. The van der Waals surface area contributed by atoms with Crippen LogP contribution in [0.15, 0.2) is 23.2 Å². The third-order valence-corrected chi connectivity index (χ3v) is 6.28. The molecule has 0 aromatic heterocycles. The Morgan fingerprint density at radius 2 is 1.76 bits per heavy atom. The van der Waals surface area contributed by atoms with Crippen molar-refractivity contribution in [3.05, 3.63) is 29.3 Å². The summed E-state index contributed by atoms with van der Waals surface area (Å²) in [6.45, 7) is 2.11. The van der Waals surface area contributed by atoms with Crippen LogP contribution in [0.4, 0.5) is 5.69 Å². The summed E-state index contributed by atoms with van der Waals surface area (Å²) < 4.78 is 0. The Morgan fingerprint density at radius 3 is 2.29 bits per heavy atom. The van der Waals surface area contributed by atoms with Gasteiger partial charge in [0, 0.05) is 0 Å². The van der Waals surface area contributed by atoms with E-state index in [0.29, 0.717) is 5.41 Å². The van der Waals surface area contributed by atoms with Crippen LogP contribution < -0.4 is 0 Å². The molecule has 0 atom stereocenters. The number of aryl methyl sites for hydroxylation is 1. The molecular weight excluding hydrogens is 258 g/mol. The van der Waals surface area contributed by atoms with Crippen molar-refractivity contribution in [3.8, 4) is 0 Å². The molecule has 4 saturated carbocycles. The predicted octanol–water partition coefficient (Wildman–Crippen LogP) is 4.68. The molecule has 0 aliphatic heterocycles. The summed E-state index contributed by atoms with van der Waals surface area (Å²) in [5, 5.41) is 0. The first-order valence-corrected chi connectivity index (χ1v) is 8.43. The van der Waals surface area contributed by atoms with E-state index in [9.17, 15) is 4.79 Å². The summed E-state index contributed by atoms with van der Waals surface area (Å²) >= 11 is 0. The van der Waals surface area contributed by atoms with Crippen LogP contribution in [0.5, 0.6) is 0 Å². The molecule has 110 valence electrons. The molecule has 4 aliphatic carbocycles. The van der Waals surface area contributed by atoms with Crippen molar-refractivity contribution in [2.75, 3.05) is 0 Å². The lowest BCUT2D eigenvalue weighted by atomic mass is 9.48. The molecule has 0 unspecified atom stereocenters. The van der Waals surface area contributed by atoms with Crippen molar-refractivity contribution in [1.29, 1.82) is 0 Å². The molecule has 0 spiro atoms. The fraction of sp³-hybridized carbons (Fsp3) is 0.632. The Kier molecular flexibility index (Phi) is 3.04. The molecule has 4 bridgehead atoms. The van der Waals surface area contributed by atoms with Gasteiger partial charge in [0.2, 0.25) is 6.08 Å². The molecule has 1 aromatic carbocycles. The maximum absolute atomic E-state index is 10.7. The Morgan fingerprint density at radius 1 is 1.14 bits per heavy atom. The van der Waals surface area contributed by atoms with Gasteiger partial charge in [-0.2, -0.15) is 4.99 Å². The van der Waals surface area contributed by atoms with Gasteiger partial charge in [0.15, 0.2) is 0 Å².